The lowest BCUT2D eigenvalue weighted by atomic mass is 9.97. The Labute approximate surface area is 167 Å². The van der Waals surface area contributed by atoms with Crippen LogP contribution in [0.5, 0.6) is 0 Å². The summed E-state index contributed by atoms with van der Waals surface area (Å²) in [6, 6.07) is 0. The van der Waals surface area contributed by atoms with Gasteiger partial charge in [0.25, 0.3) is 5.56 Å². The van der Waals surface area contributed by atoms with Gasteiger partial charge in [-0.05, 0) is 44.6 Å². The van der Waals surface area contributed by atoms with Crippen molar-refractivity contribution in [3.05, 3.63) is 20.8 Å². The van der Waals surface area contributed by atoms with Gasteiger partial charge in [-0.25, -0.2) is 4.98 Å². The minimum Gasteiger partial charge on any atom is -0.383 e. The molecule has 2 heterocycles. The second-order valence-corrected chi connectivity index (χ2v) is 9.18. The number of carbonyl (C=O) groups is 1. The largest absolute Gasteiger partial charge is 0.383 e. The van der Waals surface area contributed by atoms with Crippen LogP contribution in [0, 0.1) is 0 Å². The first-order valence-corrected chi connectivity index (χ1v) is 11.2. The monoisotopic (exact) mass is 409 g/mol. The minimum absolute atomic E-state index is 0.000108. The van der Waals surface area contributed by atoms with Crippen LogP contribution in [-0.2, 0) is 28.9 Å². The Hall–Kier alpha value is -1.38. The SMILES string of the molecule is CCCNC(=O)C(C)Sc1nc2sc3c(c2c(=O)n1CCOC)CCCC3. The molecule has 0 aromatic carbocycles. The van der Waals surface area contributed by atoms with Crippen LogP contribution in [0.1, 0.15) is 43.6 Å². The van der Waals surface area contributed by atoms with Gasteiger partial charge in [0.1, 0.15) is 4.83 Å². The summed E-state index contributed by atoms with van der Waals surface area (Å²) in [5.41, 5.74) is 1.19. The second kappa shape index (κ2) is 9.21. The number of thiophene rings is 1. The number of thioether (sulfide) groups is 1. The van der Waals surface area contributed by atoms with Gasteiger partial charge in [0, 0.05) is 18.5 Å². The van der Waals surface area contributed by atoms with E-state index in [0.717, 1.165) is 35.9 Å². The lowest BCUT2D eigenvalue weighted by Crippen LogP contribution is -2.32. The molecule has 27 heavy (non-hydrogen) atoms. The quantitative estimate of drug-likeness (QED) is 0.536. The topological polar surface area (TPSA) is 73.2 Å². The number of hydrogen-bond donors (Lipinski definition) is 1. The van der Waals surface area contributed by atoms with Crippen LogP contribution in [0.4, 0.5) is 0 Å². The number of nitrogens with zero attached hydrogens (tertiary/aromatic N) is 2. The number of nitrogens with one attached hydrogen (secondary N) is 1. The van der Waals surface area contributed by atoms with Crippen LogP contribution in [0.25, 0.3) is 10.2 Å². The fourth-order valence-electron chi connectivity index (χ4n) is 3.29. The summed E-state index contributed by atoms with van der Waals surface area (Å²) in [7, 11) is 1.62. The average molecular weight is 410 g/mol. The van der Waals surface area contributed by atoms with E-state index in [0.29, 0.717) is 24.9 Å². The van der Waals surface area contributed by atoms with Gasteiger partial charge in [0.05, 0.1) is 23.8 Å². The van der Waals surface area contributed by atoms with Gasteiger partial charge in [-0.2, -0.15) is 0 Å². The van der Waals surface area contributed by atoms with Crippen molar-refractivity contribution in [2.45, 2.75) is 62.9 Å². The van der Waals surface area contributed by atoms with Crippen LogP contribution < -0.4 is 10.9 Å². The summed E-state index contributed by atoms with van der Waals surface area (Å²) in [5, 5.41) is 3.97. The van der Waals surface area contributed by atoms with E-state index in [4.69, 9.17) is 9.72 Å². The first kappa shape index (κ1) is 20.4. The normalized spacial score (nSPS) is 14.9. The summed E-state index contributed by atoms with van der Waals surface area (Å²) < 4.78 is 6.88. The molecule has 0 spiro atoms. The van der Waals surface area contributed by atoms with E-state index in [-0.39, 0.29) is 16.7 Å². The van der Waals surface area contributed by atoms with Gasteiger partial charge in [-0.1, -0.05) is 18.7 Å². The number of methoxy groups -OCH3 is 1. The maximum Gasteiger partial charge on any atom is 0.263 e. The van der Waals surface area contributed by atoms with Crippen LogP contribution in [-0.4, -0.2) is 41.0 Å². The van der Waals surface area contributed by atoms with E-state index in [9.17, 15) is 9.59 Å². The summed E-state index contributed by atoms with van der Waals surface area (Å²) in [5.74, 6) is -0.0278. The minimum atomic E-state index is -0.315. The molecule has 3 rings (SSSR count). The second-order valence-electron chi connectivity index (χ2n) is 6.79. The molecule has 0 radical (unpaired) electrons. The zero-order valence-corrected chi connectivity index (χ0v) is 17.8. The van der Waals surface area contributed by atoms with Crippen molar-refractivity contribution in [2.75, 3.05) is 20.3 Å². The average Bonchev–Trinajstić information content (AvgIpc) is 3.04. The maximum absolute atomic E-state index is 13.3. The highest BCUT2D eigenvalue weighted by Crippen LogP contribution is 2.35. The molecule has 0 saturated heterocycles. The van der Waals surface area contributed by atoms with E-state index >= 15 is 0 Å². The van der Waals surface area contributed by atoms with Crippen molar-refractivity contribution in [3.8, 4) is 0 Å². The summed E-state index contributed by atoms with van der Waals surface area (Å²) in [6.45, 7) is 5.41. The molecule has 0 aliphatic heterocycles. The standard InChI is InChI=1S/C19H27N3O3S2/c1-4-9-20-16(23)12(2)26-19-21-17-15(18(24)22(19)10-11-25-3)13-7-5-6-8-14(13)27-17/h12H,4-11H2,1-3H3,(H,20,23). The molecule has 6 nitrogen and oxygen atoms in total. The number of aromatic nitrogens is 2. The van der Waals surface area contributed by atoms with Gasteiger partial charge in [-0.15, -0.1) is 11.3 Å². The third-order valence-electron chi connectivity index (χ3n) is 4.76. The first-order chi connectivity index (χ1) is 13.1. The highest BCUT2D eigenvalue weighted by atomic mass is 32.2. The number of hydrogen-bond acceptors (Lipinski definition) is 6. The molecule has 2 aromatic heterocycles. The molecule has 1 atom stereocenters. The highest BCUT2D eigenvalue weighted by molar-refractivity contribution is 8.00. The van der Waals surface area contributed by atoms with Crippen LogP contribution in [0.3, 0.4) is 0 Å². The van der Waals surface area contributed by atoms with E-state index < -0.39 is 0 Å². The Kier molecular flexibility index (Phi) is 6.94. The smallest absolute Gasteiger partial charge is 0.263 e. The van der Waals surface area contributed by atoms with E-state index in [1.54, 1.807) is 23.0 Å². The predicted octanol–water partition coefficient (Wildman–Crippen LogP) is 2.99. The zero-order chi connectivity index (χ0) is 19.4. The Bertz CT molecular complexity index is 875. The molecule has 1 unspecified atom stereocenters. The first-order valence-electron chi connectivity index (χ1n) is 9.55. The molecule has 2 aromatic rings. The van der Waals surface area contributed by atoms with Gasteiger partial charge < -0.3 is 10.1 Å². The number of rotatable bonds is 8. The summed E-state index contributed by atoms with van der Waals surface area (Å²) >= 11 is 2.99. The molecule has 0 fully saturated rings. The lowest BCUT2D eigenvalue weighted by molar-refractivity contribution is -0.120. The summed E-state index contributed by atoms with van der Waals surface area (Å²) in [6.07, 6.45) is 5.19. The van der Waals surface area contributed by atoms with Gasteiger partial charge >= 0.3 is 0 Å². The molecule has 1 amide bonds. The summed E-state index contributed by atoms with van der Waals surface area (Å²) in [4.78, 5) is 32.5. The number of fused-ring (bicyclic) bond motifs is 3. The molecular formula is C19H27N3O3S2. The lowest BCUT2D eigenvalue weighted by Gasteiger charge is -2.16. The molecular weight excluding hydrogens is 382 g/mol. The maximum atomic E-state index is 13.3. The molecule has 1 aliphatic carbocycles. The highest BCUT2D eigenvalue weighted by Gasteiger charge is 2.24. The molecule has 1 aliphatic rings. The molecule has 0 bridgehead atoms. The third kappa shape index (κ3) is 4.38. The fourth-order valence-corrected chi connectivity index (χ4v) is 5.55. The zero-order valence-electron chi connectivity index (χ0n) is 16.2. The van der Waals surface area contributed by atoms with Crippen LogP contribution in [0.15, 0.2) is 9.95 Å². The predicted molar refractivity (Wildman–Crippen MR) is 111 cm³/mol. The fraction of sp³-hybridized carbons (Fsp3) is 0.632. The number of carbonyl (C=O) groups excluding carboxylic acids is 1. The molecule has 8 heteroatoms. The number of amides is 1. The van der Waals surface area contributed by atoms with Crippen molar-refractivity contribution in [1.29, 1.82) is 0 Å². The molecule has 1 N–H and O–H groups in total. The van der Waals surface area contributed by atoms with Crippen molar-refractivity contribution in [3.63, 3.8) is 0 Å². The Morgan fingerprint density at radius 1 is 1.41 bits per heavy atom. The van der Waals surface area contributed by atoms with E-state index in [2.05, 4.69) is 5.32 Å². The van der Waals surface area contributed by atoms with Crippen LogP contribution >= 0.6 is 23.1 Å². The van der Waals surface area contributed by atoms with Crippen molar-refractivity contribution in [2.24, 2.45) is 0 Å². The van der Waals surface area contributed by atoms with Crippen molar-refractivity contribution in [1.82, 2.24) is 14.9 Å². The van der Waals surface area contributed by atoms with Gasteiger partial charge in [-0.3, -0.25) is 14.2 Å². The third-order valence-corrected chi connectivity index (χ3v) is 7.04. The van der Waals surface area contributed by atoms with Gasteiger partial charge in [0.15, 0.2) is 5.16 Å². The van der Waals surface area contributed by atoms with E-state index in [1.807, 2.05) is 13.8 Å². The molecule has 148 valence electrons. The Morgan fingerprint density at radius 3 is 2.93 bits per heavy atom. The van der Waals surface area contributed by atoms with Gasteiger partial charge in [0.2, 0.25) is 5.91 Å². The Balaban J connectivity index is 2.00. The van der Waals surface area contributed by atoms with Crippen LogP contribution in [0.2, 0.25) is 0 Å². The van der Waals surface area contributed by atoms with Crippen molar-refractivity contribution < 1.29 is 9.53 Å². The Morgan fingerprint density at radius 2 is 2.19 bits per heavy atom. The van der Waals surface area contributed by atoms with E-state index in [1.165, 1.54) is 28.6 Å². The molecule has 0 saturated carbocycles. The van der Waals surface area contributed by atoms with Crippen molar-refractivity contribution >= 4 is 39.2 Å². The number of ether oxygens (including phenoxy) is 1. The number of aryl methyl sites for hydroxylation is 2.